The molecular weight excluding hydrogens is 426 g/mol. The molecule has 0 bridgehead atoms. The van der Waals surface area contributed by atoms with Crippen molar-refractivity contribution in [3.63, 3.8) is 0 Å². The number of thioether (sulfide) groups is 1. The minimum absolute atomic E-state index is 0.00625. The lowest BCUT2D eigenvalue weighted by atomic mass is 10.2. The average Bonchev–Trinajstić information content (AvgIpc) is 2.94. The molecule has 1 unspecified atom stereocenters. The minimum atomic E-state index is 0.00625. The zero-order valence-electron chi connectivity index (χ0n) is 11.8. The molecule has 1 amide bonds. The van der Waals surface area contributed by atoms with Gasteiger partial charge in [-0.25, -0.2) is 0 Å². The Kier molecular flexibility index (Phi) is 5.26. The van der Waals surface area contributed by atoms with Crippen molar-refractivity contribution >= 4 is 49.5 Å². The fraction of sp³-hybridized carbons (Fsp3) is 0.235. The van der Waals surface area contributed by atoms with Gasteiger partial charge in [-0.15, -0.1) is 0 Å². The van der Waals surface area contributed by atoms with Crippen LogP contribution in [0.2, 0.25) is 0 Å². The number of benzene rings is 2. The van der Waals surface area contributed by atoms with E-state index in [1.807, 2.05) is 35.2 Å². The van der Waals surface area contributed by atoms with Gasteiger partial charge in [0.15, 0.2) is 0 Å². The van der Waals surface area contributed by atoms with Gasteiger partial charge in [0.05, 0.1) is 0 Å². The van der Waals surface area contributed by atoms with Crippen LogP contribution < -0.4 is 0 Å². The van der Waals surface area contributed by atoms with E-state index >= 15 is 0 Å². The SMILES string of the molecule is O=C1CCCN1C(Sc1ccc(Br)cc1)c1ccccc1Br. The summed E-state index contributed by atoms with van der Waals surface area (Å²) in [5, 5.41) is 0.00625. The molecule has 2 aromatic rings. The number of halogens is 2. The van der Waals surface area contributed by atoms with Crippen LogP contribution in [0.5, 0.6) is 0 Å². The highest BCUT2D eigenvalue weighted by Gasteiger charge is 2.30. The Morgan fingerprint density at radius 2 is 1.77 bits per heavy atom. The molecule has 0 radical (unpaired) electrons. The molecule has 1 aliphatic rings. The van der Waals surface area contributed by atoms with Crippen molar-refractivity contribution in [2.24, 2.45) is 0 Å². The first kappa shape index (κ1) is 16.1. The molecule has 1 saturated heterocycles. The third kappa shape index (κ3) is 3.58. The van der Waals surface area contributed by atoms with E-state index < -0.39 is 0 Å². The predicted octanol–water partition coefficient (Wildman–Crippen LogP) is 5.62. The summed E-state index contributed by atoms with van der Waals surface area (Å²) in [6.07, 6.45) is 1.60. The van der Waals surface area contributed by atoms with Gasteiger partial charge in [-0.05, 0) is 42.3 Å². The van der Waals surface area contributed by atoms with Crippen molar-refractivity contribution < 1.29 is 4.79 Å². The highest BCUT2D eigenvalue weighted by atomic mass is 79.9. The van der Waals surface area contributed by atoms with E-state index in [4.69, 9.17) is 0 Å². The van der Waals surface area contributed by atoms with Crippen LogP contribution in [0.15, 0.2) is 62.4 Å². The Bertz CT molecular complexity index is 675. The van der Waals surface area contributed by atoms with Gasteiger partial charge in [0.1, 0.15) is 5.37 Å². The molecule has 22 heavy (non-hydrogen) atoms. The van der Waals surface area contributed by atoms with Crippen molar-refractivity contribution in [1.29, 1.82) is 0 Å². The number of likely N-dealkylation sites (tertiary alicyclic amines) is 1. The Morgan fingerprint density at radius 3 is 2.41 bits per heavy atom. The molecule has 3 rings (SSSR count). The lowest BCUT2D eigenvalue weighted by Gasteiger charge is -2.28. The predicted molar refractivity (Wildman–Crippen MR) is 97.8 cm³/mol. The molecule has 114 valence electrons. The summed E-state index contributed by atoms with van der Waals surface area (Å²) in [5.74, 6) is 0.241. The number of hydrogen-bond acceptors (Lipinski definition) is 2. The van der Waals surface area contributed by atoms with Gasteiger partial charge in [0, 0.05) is 26.8 Å². The van der Waals surface area contributed by atoms with E-state index in [0.717, 1.165) is 32.4 Å². The van der Waals surface area contributed by atoms with Gasteiger partial charge in [0.25, 0.3) is 0 Å². The summed E-state index contributed by atoms with van der Waals surface area (Å²) in [6, 6.07) is 16.4. The van der Waals surface area contributed by atoms with Crippen LogP contribution in [0.1, 0.15) is 23.8 Å². The van der Waals surface area contributed by atoms with Gasteiger partial charge < -0.3 is 4.90 Å². The third-order valence-corrected chi connectivity index (χ3v) is 6.15. The largest absolute Gasteiger partial charge is 0.326 e. The van der Waals surface area contributed by atoms with Gasteiger partial charge in [0.2, 0.25) is 5.91 Å². The number of hydrogen-bond donors (Lipinski definition) is 0. The second-order valence-corrected chi connectivity index (χ2v) is 8.06. The number of rotatable bonds is 4. The maximum Gasteiger partial charge on any atom is 0.223 e. The van der Waals surface area contributed by atoms with Crippen LogP contribution >= 0.6 is 43.6 Å². The monoisotopic (exact) mass is 439 g/mol. The summed E-state index contributed by atoms with van der Waals surface area (Å²) in [4.78, 5) is 15.4. The lowest BCUT2D eigenvalue weighted by molar-refractivity contribution is -0.128. The van der Waals surface area contributed by atoms with E-state index in [-0.39, 0.29) is 11.3 Å². The fourth-order valence-electron chi connectivity index (χ4n) is 2.53. The second-order valence-electron chi connectivity index (χ2n) is 5.14. The van der Waals surface area contributed by atoms with E-state index in [1.54, 1.807) is 11.8 Å². The van der Waals surface area contributed by atoms with Crippen molar-refractivity contribution in [2.45, 2.75) is 23.1 Å². The van der Waals surface area contributed by atoms with Gasteiger partial charge in [-0.1, -0.05) is 61.8 Å². The fourth-order valence-corrected chi connectivity index (χ4v) is 4.68. The quantitative estimate of drug-likeness (QED) is 0.574. The maximum atomic E-state index is 12.2. The highest BCUT2D eigenvalue weighted by Crippen LogP contribution is 2.42. The van der Waals surface area contributed by atoms with Crippen LogP contribution in [0, 0.1) is 0 Å². The van der Waals surface area contributed by atoms with Gasteiger partial charge in [-0.2, -0.15) is 0 Å². The zero-order valence-corrected chi connectivity index (χ0v) is 15.8. The van der Waals surface area contributed by atoms with E-state index in [9.17, 15) is 4.79 Å². The van der Waals surface area contributed by atoms with Crippen molar-refractivity contribution in [3.8, 4) is 0 Å². The van der Waals surface area contributed by atoms with Crippen LogP contribution in [-0.2, 0) is 4.79 Å². The Balaban J connectivity index is 1.94. The molecule has 5 heteroatoms. The molecule has 0 saturated carbocycles. The topological polar surface area (TPSA) is 20.3 Å². The molecule has 2 aromatic carbocycles. The zero-order chi connectivity index (χ0) is 15.5. The molecule has 2 nitrogen and oxygen atoms in total. The molecule has 0 spiro atoms. The highest BCUT2D eigenvalue weighted by molar-refractivity contribution is 9.10. The molecule has 1 aliphatic heterocycles. The first-order chi connectivity index (χ1) is 10.6. The molecular formula is C17H15Br2NOS. The molecule has 0 aromatic heterocycles. The summed E-state index contributed by atoms with van der Waals surface area (Å²) < 4.78 is 2.11. The Morgan fingerprint density at radius 1 is 1.05 bits per heavy atom. The lowest BCUT2D eigenvalue weighted by Crippen LogP contribution is -2.28. The number of nitrogens with zero attached hydrogens (tertiary/aromatic N) is 1. The van der Waals surface area contributed by atoms with Crippen LogP contribution in [0.4, 0.5) is 0 Å². The first-order valence-electron chi connectivity index (χ1n) is 7.11. The molecule has 1 atom stereocenters. The average molecular weight is 441 g/mol. The Labute approximate surface area is 151 Å². The Hall–Kier alpha value is -0.780. The normalized spacial score (nSPS) is 16.1. The number of carbonyl (C=O) groups is 1. The van der Waals surface area contributed by atoms with Crippen molar-refractivity contribution in [1.82, 2.24) is 4.90 Å². The second kappa shape index (κ2) is 7.20. The summed E-state index contributed by atoms with van der Waals surface area (Å²) in [7, 11) is 0. The molecule has 0 aliphatic carbocycles. The number of amides is 1. The van der Waals surface area contributed by atoms with Crippen molar-refractivity contribution in [2.75, 3.05) is 6.54 Å². The van der Waals surface area contributed by atoms with Gasteiger partial charge >= 0.3 is 0 Å². The first-order valence-corrected chi connectivity index (χ1v) is 9.58. The third-order valence-electron chi connectivity index (χ3n) is 3.63. The van der Waals surface area contributed by atoms with Crippen LogP contribution in [0.25, 0.3) is 0 Å². The summed E-state index contributed by atoms with van der Waals surface area (Å²) in [6.45, 7) is 0.828. The maximum absolute atomic E-state index is 12.2. The van der Waals surface area contributed by atoms with Gasteiger partial charge in [-0.3, -0.25) is 4.79 Å². The van der Waals surface area contributed by atoms with E-state index in [0.29, 0.717) is 6.42 Å². The molecule has 1 heterocycles. The molecule has 0 N–H and O–H groups in total. The minimum Gasteiger partial charge on any atom is -0.326 e. The standard InChI is InChI=1S/C17H15Br2NOS/c18-12-7-9-13(10-8-12)22-17(20-11-3-6-16(20)21)14-4-1-2-5-15(14)19/h1-2,4-5,7-10,17H,3,6,11H2. The van der Waals surface area contributed by atoms with Crippen LogP contribution in [-0.4, -0.2) is 17.4 Å². The summed E-state index contributed by atoms with van der Waals surface area (Å²) >= 11 is 8.81. The number of carbonyl (C=O) groups excluding carboxylic acids is 1. The van der Waals surface area contributed by atoms with Crippen LogP contribution in [0.3, 0.4) is 0 Å². The van der Waals surface area contributed by atoms with Crippen molar-refractivity contribution in [3.05, 3.63) is 63.0 Å². The van der Waals surface area contributed by atoms with E-state index in [2.05, 4.69) is 50.1 Å². The summed E-state index contributed by atoms with van der Waals surface area (Å²) in [5.41, 5.74) is 1.14. The van der Waals surface area contributed by atoms with E-state index in [1.165, 1.54) is 0 Å². The molecule has 1 fully saturated rings. The smallest absolute Gasteiger partial charge is 0.223 e.